The fraction of sp³-hybridized carbons (Fsp3) is 0.158. The Labute approximate surface area is 156 Å². The summed E-state index contributed by atoms with van der Waals surface area (Å²) in [6, 6.07) is 12.7. The zero-order valence-electron chi connectivity index (χ0n) is 14.5. The molecule has 0 fully saturated rings. The number of hydrogen-bond donors (Lipinski definition) is 2. The molecule has 0 bridgehead atoms. The number of anilines is 2. The molecule has 6 nitrogen and oxygen atoms in total. The summed E-state index contributed by atoms with van der Waals surface area (Å²) in [4.78, 5) is 12.2. The largest absolute Gasteiger partial charge is 0.495 e. The van der Waals surface area contributed by atoms with Crippen LogP contribution in [0.2, 0.25) is 5.02 Å². The molecule has 3 aromatic rings. The van der Waals surface area contributed by atoms with Crippen LogP contribution in [0.4, 0.5) is 16.2 Å². The topological polar surface area (TPSA) is 68.2 Å². The van der Waals surface area contributed by atoms with E-state index >= 15 is 0 Å². The zero-order valence-corrected chi connectivity index (χ0v) is 15.2. The molecule has 0 saturated carbocycles. The maximum absolute atomic E-state index is 12.2. The molecule has 3 rings (SSSR count). The predicted molar refractivity (Wildman–Crippen MR) is 103 cm³/mol. The smallest absolute Gasteiger partial charge is 0.323 e. The van der Waals surface area contributed by atoms with E-state index in [1.54, 1.807) is 35.3 Å². The first-order valence-electron chi connectivity index (χ1n) is 8.03. The normalized spacial score (nSPS) is 10.4. The van der Waals surface area contributed by atoms with Gasteiger partial charge in [0.25, 0.3) is 0 Å². The van der Waals surface area contributed by atoms with Crippen LogP contribution in [0.1, 0.15) is 11.1 Å². The number of benzene rings is 2. The molecule has 26 heavy (non-hydrogen) atoms. The summed E-state index contributed by atoms with van der Waals surface area (Å²) >= 11 is 5.97. The number of rotatable bonds is 5. The van der Waals surface area contributed by atoms with Gasteiger partial charge < -0.3 is 15.4 Å². The van der Waals surface area contributed by atoms with Gasteiger partial charge >= 0.3 is 6.03 Å². The van der Waals surface area contributed by atoms with Crippen LogP contribution in [-0.4, -0.2) is 22.9 Å². The molecule has 2 amide bonds. The Kier molecular flexibility index (Phi) is 5.43. The highest BCUT2D eigenvalue weighted by Gasteiger charge is 2.10. The third-order valence-electron chi connectivity index (χ3n) is 3.89. The first-order valence-corrected chi connectivity index (χ1v) is 8.41. The molecule has 1 aromatic heterocycles. The number of halogens is 1. The van der Waals surface area contributed by atoms with Gasteiger partial charge in [0.1, 0.15) is 5.75 Å². The van der Waals surface area contributed by atoms with E-state index in [9.17, 15) is 4.79 Å². The summed E-state index contributed by atoms with van der Waals surface area (Å²) in [5.74, 6) is 0.528. The van der Waals surface area contributed by atoms with Crippen molar-refractivity contribution in [2.45, 2.75) is 13.5 Å². The minimum absolute atomic E-state index is 0.402. The van der Waals surface area contributed by atoms with E-state index in [4.69, 9.17) is 16.3 Å². The molecule has 0 aliphatic rings. The van der Waals surface area contributed by atoms with E-state index < -0.39 is 6.03 Å². The minimum Gasteiger partial charge on any atom is -0.495 e. The number of aromatic nitrogens is 2. The maximum atomic E-state index is 12.2. The lowest BCUT2D eigenvalue weighted by molar-refractivity contribution is 0.262. The second-order valence-electron chi connectivity index (χ2n) is 5.78. The third kappa shape index (κ3) is 4.34. The highest BCUT2D eigenvalue weighted by molar-refractivity contribution is 6.31. The number of carbonyl (C=O) groups excluding carboxylic acids is 1. The van der Waals surface area contributed by atoms with Gasteiger partial charge in [-0.1, -0.05) is 35.9 Å². The molecule has 0 radical (unpaired) electrons. The number of nitrogens with one attached hydrogen (secondary N) is 2. The highest BCUT2D eigenvalue weighted by Crippen LogP contribution is 2.27. The summed E-state index contributed by atoms with van der Waals surface area (Å²) in [6.45, 7) is 2.70. The van der Waals surface area contributed by atoms with Crippen molar-refractivity contribution in [1.29, 1.82) is 0 Å². The predicted octanol–water partition coefficient (Wildman–Crippen LogP) is 4.55. The van der Waals surface area contributed by atoms with Crippen molar-refractivity contribution in [3.8, 4) is 5.75 Å². The van der Waals surface area contributed by atoms with Gasteiger partial charge in [0.2, 0.25) is 0 Å². The van der Waals surface area contributed by atoms with Crippen LogP contribution in [0, 0.1) is 6.92 Å². The highest BCUT2D eigenvalue weighted by atomic mass is 35.5. The van der Waals surface area contributed by atoms with Crippen molar-refractivity contribution in [1.82, 2.24) is 9.78 Å². The second kappa shape index (κ2) is 7.93. The van der Waals surface area contributed by atoms with Crippen molar-refractivity contribution in [3.63, 3.8) is 0 Å². The van der Waals surface area contributed by atoms with Crippen LogP contribution in [0.25, 0.3) is 0 Å². The molecule has 2 N–H and O–H groups in total. The first-order chi connectivity index (χ1) is 12.5. The summed E-state index contributed by atoms with van der Waals surface area (Å²) in [5, 5.41) is 10.3. The van der Waals surface area contributed by atoms with Gasteiger partial charge in [-0.15, -0.1) is 0 Å². The lowest BCUT2D eigenvalue weighted by atomic mass is 10.1. The number of methoxy groups -OCH3 is 1. The van der Waals surface area contributed by atoms with Crippen LogP contribution in [0.5, 0.6) is 5.75 Å². The Balaban J connectivity index is 1.65. The van der Waals surface area contributed by atoms with Crippen molar-refractivity contribution in [2.75, 3.05) is 17.7 Å². The monoisotopic (exact) mass is 370 g/mol. The van der Waals surface area contributed by atoms with Gasteiger partial charge in [0.05, 0.1) is 31.2 Å². The second-order valence-corrected chi connectivity index (χ2v) is 6.21. The Morgan fingerprint density at radius 1 is 1.23 bits per heavy atom. The maximum Gasteiger partial charge on any atom is 0.323 e. The summed E-state index contributed by atoms with van der Waals surface area (Å²) in [5.41, 5.74) is 3.46. The van der Waals surface area contributed by atoms with Gasteiger partial charge in [-0.2, -0.15) is 5.10 Å². The van der Waals surface area contributed by atoms with E-state index in [0.717, 1.165) is 0 Å². The van der Waals surface area contributed by atoms with E-state index in [0.29, 0.717) is 28.7 Å². The van der Waals surface area contributed by atoms with Gasteiger partial charge in [-0.3, -0.25) is 4.68 Å². The molecule has 0 atom stereocenters. The molecule has 0 spiro atoms. The number of nitrogens with zero attached hydrogens (tertiary/aromatic N) is 2. The van der Waals surface area contributed by atoms with Gasteiger partial charge in [0, 0.05) is 11.2 Å². The van der Waals surface area contributed by atoms with Crippen LogP contribution in [-0.2, 0) is 6.54 Å². The van der Waals surface area contributed by atoms with Crippen LogP contribution < -0.4 is 15.4 Å². The SMILES string of the molecule is COc1ccc(Cl)cc1NC(=O)Nc1cnn(Cc2ccccc2C)c1. The number of hydrogen-bond acceptors (Lipinski definition) is 3. The lowest BCUT2D eigenvalue weighted by Crippen LogP contribution is -2.19. The third-order valence-corrected chi connectivity index (χ3v) is 4.13. The summed E-state index contributed by atoms with van der Waals surface area (Å²) in [6.07, 6.45) is 3.38. The molecule has 2 aromatic carbocycles. The summed E-state index contributed by atoms with van der Waals surface area (Å²) < 4.78 is 6.99. The molecule has 0 aliphatic heterocycles. The van der Waals surface area contributed by atoms with E-state index in [-0.39, 0.29) is 0 Å². The first kappa shape index (κ1) is 17.8. The minimum atomic E-state index is -0.402. The van der Waals surface area contributed by atoms with Crippen LogP contribution >= 0.6 is 11.6 Å². The molecule has 0 saturated heterocycles. The zero-order chi connectivity index (χ0) is 18.5. The number of urea groups is 1. The Morgan fingerprint density at radius 2 is 2.04 bits per heavy atom. The van der Waals surface area contributed by atoms with Crippen molar-refractivity contribution in [3.05, 3.63) is 71.0 Å². The molecular formula is C19H19ClN4O2. The number of aryl methyl sites for hydroxylation is 1. The Morgan fingerprint density at radius 3 is 2.81 bits per heavy atom. The molecule has 1 heterocycles. The number of carbonyl (C=O) groups is 1. The van der Waals surface area contributed by atoms with E-state index in [1.807, 2.05) is 12.1 Å². The number of amides is 2. The Bertz CT molecular complexity index is 923. The van der Waals surface area contributed by atoms with Crippen molar-refractivity contribution >= 4 is 29.0 Å². The molecule has 134 valence electrons. The van der Waals surface area contributed by atoms with Gasteiger partial charge in [0.15, 0.2) is 0 Å². The Hall–Kier alpha value is -2.99. The average molecular weight is 371 g/mol. The summed E-state index contributed by atoms with van der Waals surface area (Å²) in [7, 11) is 1.53. The molecule has 7 heteroatoms. The van der Waals surface area contributed by atoms with Crippen molar-refractivity contribution in [2.24, 2.45) is 0 Å². The van der Waals surface area contributed by atoms with Crippen LogP contribution in [0.15, 0.2) is 54.9 Å². The van der Waals surface area contributed by atoms with Crippen LogP contribution in [0.3, 0.4) is 0 Å². The fourth-order valence-electron chi connectivity index (χ4n) is 2.54. The molecule has 0 unspecified atom stereocenters. The number of ether oxygens (including phenoxy) is 1. The van der Waals surface area contributed by atoms with Gasteiger partial charge in [-0.25, -0.2) is 4.79 Å². The standard InChI is InChI=1S/C19H19ClN4O2/c1-13-5-3-4-6-14(13)11-24-12-16(10-21-24)22-19(25)23-17-9-15(20)7-8-18(17)26-2/h3-10,12H,11H2,1-2H3,(H2,22,23,25). The fourth-order valence-corrected chi connectivity index (χ4v) is 2.71. The van der Waals surface area contributed by atoms with Crippen molar-refractivity contribution < 1.29 is 9.53 Å². The molecule has 0 aliphatic carbocycles. The van der Waals surface area contributed by atoms with E-state index in [1.165, 1.54) is 18.2 Å². The van der Waals surface area contributed by atoms with Gasteiger partial charge in [-0.05, 0) is 36.2 Å². The quantitative estimate of drug-likeness (QED) is 0.692. The lowest BCUT2D eigenvalue weighted by Gasteiger charge is -2.10. The average Bonchev–Trinajstić information content (AvgIpc) is 3.04. The molecular weight excluding hydrogens is 352 g/mol. The van der Waals surface area contributed by atoms with E-state index in [2.05, 4.69) is 34.8 Å².